The molecule has 2 atom stereocenters. The summed E-state index contributed by atoms with van der Waals surface area (Å²) in [5, 5.41) is 2.84. The van der Waals surface area contributed by atoms with Gasteiger partial charge in [0.05, 0.1) is 0 Å². The fraction of sp³-hybridized carbons (Fsp3) is 0.467. The lowest BCUT2D eigenvalue weighted by Gasteiger charge is -2.40. The molecule has 0 bridgehead atoms. The highest BCUT2D eigenvalue weighted by Crippen LogP contribution is 2.26. The van der Waals surface area contributed by atoms with Crippen LogP contribution in [0.3, 0.4) is 0 Å². The topological polar surface area (TPSA) is 49.4 Å². The number of piperazine rings is 1. The normalized spacial score (nSPS) is 23.1. The third-order valence-electron chi connectivity index (χ3n) is 3.57. The van der Waals surface area contributed by atoms with Crippen LogP contribution in [-0.4, -0.2) is 23.9 Å². The molecule has 108 valence electrons. The van der Waals surface area contributed by atoms with Crippen LogP contribution in [0.5, 0.6) is 0 Å². The first-order valence-corrected chi connectivity index (χ1v) is 7.64. The molecule has 2 amide bonds. The molecule has 1 aromatic carbocycles. The van der Waals surface area contributed by atoms with E-state index in [1.54, 1.807) is 4.90 Å². The molecule has 1 aliphatic rings. The van der Waals surface area contributed by atoms with Crippen molar-refractivity contribution in [3.8, 4) is 0 Å². The van der Waals surface area contributed by atoms with E-state index in [-0.39, 0.29) is 17.7 Å². The van der Waals surface area contributed by atoms with Crippen molar-refractivity contribution in [2.45, 2.75) is 39.3 Å². The maximum absolute atomic E-state index is 12.7. The first-order chi connectivity index (χ1) is 9.45. The third kappa shape index (κ3) is 2.73. The first kappa shape index (κ1) is 15.0. The number of anilines is 1. The van der Waals surface area contributed by atoms with E-state index in [0.717, 1.165) is 10.2 Å². The Balaban J connectivity index is 2.41. The Morgan fingerprint density at radius 3 is 2.35 bits per heavy atom. The fourth-order valence-electron chi connectivity index (χ4n) is 2.46. The molecule has 0 saturated carbocycles. The summed E-state index contributed by atoms with van der Waals surface area (Å²) in [5.41, 5.74) is 0.769. The minimum absolute atomic E-state index is 0.0335. The number of rotatable bonds is 3. The van der Waals surface area contributed by atoms with Gasteiger partial charge in [-0.2, -0.15) is 0 Å². The number of carbonyl (C=O) groups is 2. The second-order valence-corrected chi connectivity index (χ2v) is 6.25. The average molecular weight is 339 g/mol. The van der Waals surface area contributed by atoms with Crippen molar-refractivity contribution < 1.29 is 9.59 Å². The van der Waals surface area contributed by atoms with Crippen molar-refractivity contribution in [1.29, 1.82) is 0 Å². The van der Waals surface area contributed by atoms with Crippen molar-refractivity contribution in [1.82, 2.24) is 5.32 Å². The van der Waals surface area contributed by atoms with Crippen LogP contribution in [0, 0.1) is 5.92 Å². The number of nitrogens with one attached hydrogen (secondary N) is 1. The van der Waals surface area contributed by atoms with Gasteiger partial charge in [-0.3, -0.25) is 14.5 Å². The van der Waals surface area contributed by atoms with Crippen LogP contribution in [0.15, 0.2) is 28.7 Å². The zero-order valence-electron chi connectivity index (χ0n) is 11.9. The van der Waals surface area contributed by atoms with Crippen molar-refractivity contribution >= 4 is 33.4 Å². The molecule has 5 heteroatoms. The highest BCUT2D eigenvalue weighted by atomic mass is 79.9. The van der Waals surface area contributed by atoms with Crippen molar-refractivity contribution in [2.75, 3.05) is 4.90 Å². The van der Waals surface area contributed by atoms with Gasteiger partial charge >= 0.3 is 0 Å². The fourth-order valence-corrected chi connectivity index (χ4v) is 2.72. The molecule has 1 heterocycles. The first-order valence-electron chi connectivity index (χ1n) is 6.84. The molecule has 0 radical (unpaired) electrons. The largest absolute Gasteiger partial charge is 0.342 e. The van der Waals surface area contributed by atoms with E-state index in [2.05, 4.69) is 21.2 Å². The lowest BCUT2D eigenvalue weighted by molar-refractivity contribution is -0.134. The number of nitrogens with zero attached hydrogens (tertiary/aromatic N) is 1. The lowest BCUT2D eigenvalue weighted by atomic mass is 9.96. The lowest BCUT2D eigenvalue weighted by Crippen LogP contribution is -2.64. The van der Waals surface area contributed by atoms with E-state index in [1.165, 1.54) is 0 Å². The highest BCUT2D eigenvalue weighted by molar-refractivity contribution is 9.10. The molecule has 0 aromatic heterocycles. The Labute approximate surface area is 127 Å². The van der Waals surface area contributed by atoms with E-state index in [4.69, 9.17) is 0 Å². The summed E-state index contributed by atoms with van der Waals surface area (Å²) in [6.45, 7) is 5.79. The molecule has 20 heavy (non-hydrogen) atoms. The summed E-state index contributed by atoms with van der Waals surface area (Å²) < 4.78 is 0.948. The SMILES string of the molecule is CCC1C(=O)NC(C(C)C)C(=O)N1c1ccc(Br)cc1. The molecule has 4 nitrogen and oxygen atoms in total. The molecule has 1 saturated heterocycles. The summed E-state index contributed by atoms with van der Waals surface area (Å²) in [6.07, 6.45) is 0.596. The van der Waals surface area contributed by atoms with Crippen molar-refractivity contribution in [3.63, 3.8) is 0 Å². The summed E-state index contributed by atoms with van der Waals surface area (Å²) in [6, 6.07) is 6.60. The molecular weight excluding hydrogens is 320 g/mol. The Bertz CT molecular complexity index is 513. The standard InChI is InChI=1S/C15H19BrN2O2/c1-4-12-14(19)17-13(9(2)3)15(20)18(12)11-7-5-10(16)6-8-11/h5-9,12-13H,4H2,1-3H3,(H,17,19). The monoisotopic (exact) mass is 338 g/mol. The number of amides is 2. The molecule has 0 aliphatic carbocycles. The summed E-state index contributed by atoms with van der Waals surface area (Å²) in [4.78, 5) is 26.5. The summed E-state index contributed by atoms with van der Waals surface area (Å²) in [7, 11) is 0. The second kappa shape index (κ2) is 5.95. The van der Waals surface area contributed by atoms with E-state index in [1.807, 2.05) is 45.0 Å². The molecule has 2 rings (SSSR count). The smallest absolute Gasteiger partial charge is 0.250 e. The molecule has 0 spiro atoms. The molecule has 1 fully saturated rings. The molecule has 2 unspecified atom stereocenters. The van der Waals surface area contributed by atoms with E-state index < -0.39 is 12.1 Å². The van der Waals surface area contributed by atoms with Gasteiger partial charge < -0.3 is 5.32 Å². The van der Waals surface area contributed by atoms with Crippen molar-refractivity contribution in [2.24, 2.45) is 5.92 Å². The zero-order chi connectivity index (χ0) is 14.9. The number of hydrogen-bond donors (Lipinski definition) is 1. The quantitative estimate of drug-likeness (QED) is 0.921. The van der Waals surface area contributed by atoms with Gasteiger partial charge in [0, 0.05) is 10.2 Å². The number of halogens is 1. The Morgan fingerprint density at radius 1 is 1.25 bits per heavy atom. The van der Waals surface area contributed by atoms with Gasteiger partial charge in [-0.15, -0.1) is 0 Å². The molecule has 1 N–H and O–H groups in total. The van der Waals surface area contributed by atoms with Crippen molar-refractivity contribution in [3.05, 3.63) is 28.7 Å². The maximum Gasteiger partial charge on any atom is 0.250 e. The molecular formula is C15H19BrN2O2. The highest BCUT2D eigenvalue weighted by Gasteiger charge is 2.41. The maximum atomic E-state index is 12.7. The second-order valence-electron chi connectivity index (χ2n) is 5.34. The van der Waals surface area contributed by atoms with Gasteiger partial charge in [0.15, 0.2) is 0 Å². The van der Waals surface area contributed by atoms with E-state index >= 15 is 0 Å². The van der Waals surface area contributed by atoms with E-state index in [9.17, 15) is 9.59 Å². The minimum Gasteiger partial charge on any atom is -0.342 e. The van der Waals surface area contributed by atoms with Gasteiger partial charge in [-0.1, -0.05) is 36.7 Å². The van der Waals surface area contributed by atoms with Gasteiger partial charge in [-0.25, -0.2) is 0 Å². The summed E-state index contributed by atoms with van der Waals surface area (Å²) in [5.74, 6) is -0.0373. The number of carbonyl (C=O) groups excluding carboxylic acids is 2. The van der Waals surface area contributed by atoms with Crippen LogP contribution in [0.1, 0.15) is 27.2 Å². The Kier molecular flexibility index (Phi) is 4.48. The predicted octanol–water partition coefficient (Wildman–Crippen LogP) is 2.72. The van der Waals surface area contributed by atoms with Crippen LogP contribution < -0.4 is 10.2 Å². The molecule has 1 aliphatic heterocycles. The Hall–Kier alpha value is -1.36. The van der Waals surface area contributed by atoms with Gasteiger partial charge in [-0.05, 0) is 36.6 Å². The predicted molar refractivity (Wildman–Crippen MR) is 82.5 cm³/mol. The van der Waals surface area contributed by atoms with Crippen LogP contribution >= 0.6 is 15.9 Å². The third-order valence-corrected chi connectivity index (χ3v) is 4.10. The van der Waals surface area contributed by atoms with Crippen LogP contribution in [0.2, 0.25) is 0 Å². The van der Waals surface area contributed by atoms with Gasteiger partial charge in [0.1, 0.15) is 12.1 Å². The van der Waals surface area contributed by atoms with Crippen LogP contribution in [-0.2, 0) is 9.59 Å². The number of hydrogen-bond acceptors (Lipinski definition) is 2. The average Bonchev–Trinajstić information content (AvgIpc) is 2.41. The number of benzene rings is 1. The zero-order valence-corrected chi connectivity index (χ0v) is 13.5. The summed E-state index contributed by atoms with van der Waals surface area (Å²) >= 11 is 3.38. The van der Waals surface area contributed by atoms with Crippen LogP contribution in [0.25, 0.3) is 0 Å². The van der Waals surface area contributed by atoms with Crippen LogP contribution in [0.4, 0.5) is 5.69 Å². The van der Waals surface area contributed by atoms with Gasteiger partial charge in [0.2, 0.25) is 5.91 Å². The molecule has 1 aromatic rings. The Morgan fingerprint density at radius 2 is 1.85 bits per heavy atom. The minimum atomic E-state index is -0.450. The van der Waals surface area contributed by atoms with E-state index in [0.29, 0.717) is 6.42 Å². The van der Waals surface area contributed by atoms with Gasteiger partial charge in [0.25, 0.3) is 5.91 Å².